The molecule has 2 rings (SSSR count). The highest BCUT2D eigenvalue weighted by Gasteiger charge is 2.37. The monoisotopic (exact) mass is 268 g/mol. The van der Waals surface area contributed by atoms with Crippen LogP contribution in [0.3, 0.4) is 0 Å². The number of amides is 1. The van der Waals surface area contributed by atoms with E-state index in [4.69, 9.17) is 0 Å². The van der Waals surface area contributed by atoms with Crippen LogP contribution in [0.2, 0.25) is 0 Å². The minimum absolute atomic E-state index is 0.0211. The molecule has 108 valence electrons. The zero-order valence-electron chi connectivity index (χ0n) is 11.6. The molecule has 0 aromatic heterocycles. The molecule has 0 aromatic carbocycles. The zero-order valence-corrected chi connectivity index (χ0v) is 11.6. The predicted octanol–water partition coefficient (Wildman–Crippen LogP) is 1.23. The van der Waals surface area contributed by atoms with E-state index in [-0.39, 0.29) is 18.4 Å². The molecule has 2 atom stereocenters. The molecular formula is C14H24N2O3. The van der Waals surface area contributed by atoms with E-state index < -0.39 is 12.0 Å². The van der Waals surface area contributed by atoms with Gasteiger partial charge in [-0.05, 0) is 31.7 Å². The molecule has 1 saturated heterocycles. The Kier molecular flexibility index (Phi) is 4.80. The molecule has 1 amide bonds. The summed E-state index contributed by atoms with van der Waals surface area (Å²) >= 11 is 0. The molecule has 2 N–H and O–H groups in total. The summed E-state index contributed by atoms with van der Waals surface area (Å²) in [6.07, 6.45) is 6.60. The zero-order chi connectivity index (χ0) is 13.8. The van der Waals surface area contributed by atoms with Gasteiger partial charge in [-0.25, -0.2) is 0 Å². The first kappa shape index (κ1) is 14.3. The molecule has 2 unspecified atom stereocenters. The summed E-state index contributed by atoms with van der Waals surface area (Å²) in [5.41, 5.74) is 0. The molecule has 2 fully saturated rings. The highest BCUT2D eigenvalue weighted by Crippen LogP contribution is 2.24. The molecule has 5 heteroatoms. The van der Waals surface area contributed by atoms with E-state index in [1.54, 1.807) is 4.90 Å². The summed E-state index contributed by atoms with van der Waals surface area (Å²) < 4.78 is 0. The molecule has 2 aliphatic rings. The Bertz CT molecular complexity index is 340. The number of hydrogen-bond acceptors (Lipinski definition) is 3. The van der Waals surface area contributed by atoms with Gasteiger partial charge in [0.2, 0.25) is 5.91 Å². The van der Waals surface area contributed by atoms with Crippen molar-refractivity contribution in [3.05, 3.63) is 0 Å². The second-order valence-corrected chi connectivity index (χ2v) is 5.92. The number of hydrogen-bond donors (Lipinski definition) is 2. The molecule has 0 radical (unpaired) electrons. The number of carbonyl (C=O) groups is 2. The summed E-state index contributed by atoms with van der Waals surface area (Å²) in [4.78, 5) is 25.0. The maximum atomic E-state index is 12.0. The van der Waals surface area contributed by atoms with Gasteiger partial charge in [-0.2, -0.15) is 0 Å². The molecule has 1 saturated carbocycles. The van der Waals surface area contributed by atoms with Gasteiger partial charge in [-0.15, -0.1) is 0 Å². The van der Waals surface area contributed by atoms with E-state index in [9.17, 15) is 14.7 Å². The second kappa shape index (κ2) is 6.37. The average molecular weight is 268 g/mol. The third-order valence-electron chi connectivity index (χ3n) is 4.37. The lowest BCUT2D eigenvalue weighted by Crippen LogP contribution is -2.47. The fourth-order valence-corrected chi connectivity index (χ4v) is 3.31. The minimum atomic E-state index is -0.810. The van der Waals surface area contributed by atoms with Crippen molar-refractivity contribution in [1.29, 1.82) is 0 Å². The Morgan fingerprint density at radius 3 is 2.53 bits per heavy atom. The van der Waals surface area contributed by atoms with Crippen LogP contribution in [0.1, 0.15) is 45.4 Å². The van der Waals surface area contributed by atoms with E-state index in [2.05, 4.69) is 5.32 Å². The van der Waals surface area contributed by atoms with Crippen molar-refractivity contribution in [3.8, 4) is 0 Å². The molecule has 1 heterocycles. The lowest BCUT2D eigenvalue weighted by molar-refractivity contribution is -0.143. The van der Waals surface area contributed by atoms with Crippen LogP contribution in [0.5, 0.6) is 0 Å². The van der Waals surface area contributed by atoms with Gasteiger partial charge in [-0.3, -0.25) is 14.5 Å². The van der Waals surface area contributed by atoms with E-state index in [1.165, 1.54) is 19.3 Å². The SMILES string of the molecule is CC1CCN(CC(=O)NC2CCCCC2)C1C(=O)O. The van der Waals surface area contributed by atoms with Crippen molar-refractivity contribution in [3.63, 3.8) is 0 Å². The van der Waals surface area contributed by atoms with E-state index in [0.29, 0.717) is 12.6 Å². The summed E-state index contributed by atoms with van der Waals surface area (Å²) in [7, 11) is 0. The highest BCUT2D eigenvalue weighted by molar-refractivity contribution is 5.80. The van der Waals surface area contributed by atoms with Crippen molar-refractivity contribution in [2.24, 2.45) is 5.92 Å². The fraction of sp³-hybridized carbons (Fsp3) is 0.857. The molecule has 0 spiro atoms. The lowest BCUT2D eigenvalue weighted by Gasteiger charge is -2.26. The Morgan fingerprint density at radius 1 is 1.21 bits per heavy atom. The Hall–Kier alpha value is -1.10. The fourth-order valence-electron chi connectivity index (χ4n) is 3.31. The van der Waals surface area contributed by atoms with E-state index in [0.717, 1.165) is 19.3 Å². The lowest BCUT2D eigenvalue weighted by atomic mass is 9.95. The number of carboxylic acid groups (broad SMARTS) is 1. The number of nitrogens with one attached hydrogen (secondary N) is 1. The molecule has 1 aliphatic carbocycles. The van der Waals surface area contributed by atoms with Crippen LogP contribution in [0.15, 0.2) is 0 Å². The second-order valence-electron chi connectivity index (χ2n) is 5.92. The van der Waals surface area contributed by atoms with Crippen LogP contribution < -0.4 is 5.32 Å². The van der Waals surface area contributed by atoms with Crippen LogP contribution in [-0.2, 0) is 9.59 Å². The largest absolute Gasteiger partial charge is 0.480 e. The van der Waals surface area contributed by atoms with Gasteiger partial charge >= 0.3 is 5.97 Å². The number of nitrogens with zero attached hydrogens (tertiary/aromatic N) is 1. The molecule has 0 aromatic rings. The van der Waals surface area contributed by atoms with Crippen LogP contribution in [0.25, 0.3) is 0 Å². The number of aliphatic carboxylic acids is 1. The molecule has 19 heavy (non-hydrogen) atoms. The minimum Gasteiger partial charge on any atom is -0.480 e. The van der Waals surface area contributed by atoms with Gasteiger partial charge in [0, 0.05) is 6.04 Å². The maximum absolute atomic E-state index is 12.0. The van der Waals surface area contributed by atoms with Gasteiger partial charge in [-0.1, -0.05) is 26.2 Å². The average Bonchev–Trinajstić information content (AvgIpc) is 2.71. The summed E-state index contributed by atoms with van der Waals surface area (Å²) in [5, 5.41) is 12.3. The Labute approximate surface area is 114 Å². The first-order valence-corrected chi connectivity index (χ1v) is 7.34. The quantitative estimate of drug-likeness (QED) is 0.804. The third-order valence-corrected chi connectivity index (χ3v) is 4.37. The summed E-state index contributed by atoms with van der Waals surface area (Å²) in [6.45, 7) is 2.87. The van der Waals surface area contributed by atoms with Crippen molar-refractivity contribution in [2.75, 3.05) is 13.1 Å². The van der Waals surface area contributed by atoms with Crippen molar-refractivity contribution >= 4 is 11.9 Å². The number of carboxylic acids is 1. The first-order valence-electron chi connectivity index (χ1n) is 7.34. The topological polar surface area (TPSA) is 69.6 Å². The first-order chi connectivity index (χ1) is 9.08. The van der Waals surface area contributed by atoms with Gasteiger partial charge in [0.15, 0.2) is 0 Å². The van der Waals surface area contributed by atoms with Gasteiger partial charge < -0.3 is 10.4 Å². The molecule has 1 aliphatic heterocycles. The van der Waals surface area contributed by atoms with Crippen LogP contribution >= 0.6 is 0 Å². The number of rotatable bonds is 4. The van der Waals surface area contributed by atoms with Crippen molar-refractivity contribution in [2.45, 2.75) is 57.5 Å². The van der Waals surface area contributed by atoms with Gasteiger partial charge in [0.1, 0.15) is 6.04 Å². The van der Waals surface area contributed by atoms with Crippen LogP contribution in [0, 0.1) is 5.92 Å². The third kappa shape index (κ3) is 3.69. The molecule has 5 nitrogen and oxygen atoms in total. The number of likely N-dealkylation sites (tertiary alicyclic amines) is 1. The standard InChI is InChI=1S/C14H24N2O3/c1-10-7-8-16(13(10)14(18)19)9-12(17)15-11-5-3-2-4-6-11/h10-11,13H,2-9H2,1H3,(H,15,17)(H,18,19). The number of carbonyl (C=O) groups excluding carboxylic acids is 1. The predicted molar refractivity (Wildman–Crippen MR) is 71.8 cm³/mol. The maximum Gasteiger partial charge on any atom is 0.321 e. The van der Waals surface area contributed by atoms with Crippen LogP contribution in [-0.4, -0.2) is 47.1 Å². The van der Waals surface area contributed by atoms with E-state index in [1.807, 2.05) is 6.92 Å². The molecule has 0 bridgehead atoms. The van der Waals surface area contributed by atoms with Gasteiger partial charge in [0.25, 0.3) is 0 Å². The van der Waals surface area contributed by atoms with Crippen molar-refractivity contribution < 1.29 is 14.7 Å². The van der Waals surface area contributed by atoms with Crippen LogP contribution in [0.4, 0.5) is 0 Å². The summed E-state index contributed by atoms with van der Waals surface area (Å²) in [5.74, 6) is -0.706. The Morgan fingerprint density at radius 2 is 1.89 bits per heavy atom. The van der Waals surface area contributed by atoms with Gasteiger partial charge in [0.05, 0.1) is 6.54 Å². The normalized spacial score (nSPS) is 29.3. The van der Waals surface area contributed by atoms with Crippen molar-refractivity contribution in [1.82, 2.24) is 10.2 Å². The smallest absolute Gasteiger partial charge is 0.321 e. The highest BCUT2D eigenvalue weighted by atomic mass is 16.4. The van der Waals surface area contributed by atoms with E-state index >= 15 is 0 Å². The molecular weight excluding hydrogens is 244 g/mol. The summed E-state index contributed by atoms with van der Waals surface area (Å²) in [6, 6.07) is -0.207. The Balaban J connectivity index is 1.82.